The number of carbonyl (C=O) groups excluding carboxylic acids is 3. The number of para-hydroxylation sites is 1. The number of anilines is 1. The monoisotopic (exact) mass is 393 g/mol. The zero-order chi connectivity index (χ0) is 21.0. The molecule has 1 atom stereocenters. The average molecular weight is 393 g/mol. The number of imide groups is 1. The number of urea groups is 1. The number of aryl methyl sites for hydroxylation is 2. The number of nitrogens with zero attached hydrogens (tertiary/aromatic N) is 1. The molecule has 1 unspecified atom stereocenters. The molecule has 2 aromatic rings. The van der Waals surface area contributed by atoms with Crippen molar-refractivity contribution in [3.8, 4) is 0 Å². The van der Waals surface area contributed by atoms with Crippen LogP contribution < -0.4 is 10.6 Å². The van der Waals surface area contributed by atoms with Gasteiger partial charge in [-0.25, -0.2) is 4.79 Å². The largest absolute Gasteiger partial charge is 0.325 e. The van der Waals surface area contributed by atoms with Crippen LogP contribution in [0.2, 0.25) is 0 Å². The number of carbonyl (C=O) groups is 3. The second-order valence-electron chi connectivity index (χ2n) is 7.35. The van der Waals surface area contributed by atoms with Gasteiger partial charge in [0, 0.05) is 5.69 Å². The molecular formula is C23H27N3O3. The highest BCUT2D eigenvalue weighted by molar-refractivity contribution is 6.10. The Hall–Kier alpha value is -3.15. The summed E-state index contributed by atoms with van der Waals surface area (Å²) in [5.74, 6) is -0.774. The number of benzene rings is 2. The van der Waals surface area contributed by atoms with Gasteiger partial charge in [-0.3, -0.25) is 14.5 Å². The van der Waals surface area contributed by atoms with Crippen LogP contribution >= 0.6 is 0 Å². The minimum Gasteiger partial charge on any atom is -0.324 e. The van der Waals surface area contributed by atoms with Gasteiger partial charge in [0.25, 0.3) is 5.91 Å². The molecule has 0 aromatic heterocycles. The Labute approximate surface area is 171 Å². The summed E-state index contributed by atoms with van der Waals surface area (Å²) in [5.41, 5.74) is 2.31. The molecule has 0 radical (unpaired) electrons. The fourth-order valence-electron chi connectivity index (χ4n) is 3.90. The third kappa shape index (κ3) is 3.88. The lowest BCUT2D eigenvalue weighted by atomic mass is 9.85. The molecule has 0 bridgehead atoms. The van der Waals surface area contributed by atoms with Gasteiger partial charge in [-0.05, 0) is 36.5 Å². The highest BCUT2D eigenvalue weighted by atomic mass is 16.2. The van der Waals surface area contributed by atoms with Crippen LogP contribution in [0.5, 0.6) is 0 Å². The zero-order valence-corrected chi connectivity index (χ0v) is 17.1. The van der Waals surface area contributed by atoms with Crippen LogP contribution in [-0.2, 0) is 21.5 Å². The molecule has 6 heteroatoms. The summed E-state index contributed by atoms with van der Waals surface area (Å²) in [6.45, 7) is 5.58. The fraction of sp³-hybridized carbons (Fsp3) is 0.348. The van der Waals surface area contributed by atoms with Crippen molar-refractivity contribution in [2.45, 2.75) is 45.6 Å². The lowest BCUT2D eigenvalue weighted by Crippen LogP contribution is -2.44. The summed E-state index contributed by atoms with van der Waals surface area (Å²) >= 11 is 0. The van der Waals surface area contributed by atoms with Crippen LogP contribution in [-0.4, -0.2) is 29.3 Å². The summed E-state index contributed by atoms with van der Waals surface area (Å²) < 4.78 is 0. The van der Waals surface area contributed by atoms with Gasteiger partial charge >= 0.3 is 6.03 Å². The Balaban J connectivity index is 1.82. The maximum atomic E-state index is 13.3. The molecule has 3 rings (SSSR count). The topological polar surface area (TPSA) is 78.5 Å². The van der Waals surface area contributed by atoms with Gasteiger partial charge < -0.3 is 10.6 Å². The van der Waals surface area contributed by atoms with Crippen molar-refractivity contribution in [3.05, 3.63) is 65.2 Å². The van der Waals surface area contributed by atoms with E-state index >= 15 is 0 Å². The van der Waals surface area contributed by atoms with E-state index in [2.05, 4.69) is 10.6 Å². The second kappa shape index (κ2) is 8.47. The van der Waals surface area contributed by atoms with Gasteiger partial charge in [0.15, 0.2) is 0 Å². The fourth-order valence-corrected chi connectivity index (χ4v) is 3.90. The first-order valence-corrected chi connectivity index (χ1v) is 10.0. The highest BCUT2D eigenvalue weighted by Crippen LogP contribution is 2.33. The molecule has 1 saturated heterocycles. The smallest absolute Gasteiger partial charge is 0.324 e. The van der Waals surface area contributed by atoms with E-state index in [9.17, 15) is 14.4 Å². The van der Waals surface area contributed by atoms with E-state index in [1.54, 1.807) is 0 Å². The highest BCUT2D eigenvalue weighted by Gasteiger charge is 2.52. The Kier molecular flexibility index (Phi) is 6.01. The van der Waals surface area contributed by atoms with Crippen LogP contribution in [0, 0.1) is 6.92 Å². The van der Waals surface area contributed by atoms with Gasteiger partial charge in [-0.2, -0.15) is 0 Å². The maximum Gasteiger partial charge on any atom is 0.325 e. The molecule has 1 heterocycles. The van der Waals surface area contributed by atoms with Gasteiger partial charge in [0.1, 0.15) is 12.1 Å². The molecule has 2 N–H and O–H groups in total. The normalized spacial score (nSPS) is 18.7. The van der Waals surface area contributed by atoms with E-state index in [1.807, 2.05) is 69.3 Å². The minimum atomic E-state index is -1.12. The molecule has 0 aliphatic carbocycles. The third-order valence-electron chi connectivity index (χ3n) is 5.37. The van der Waals surface area contributed by atoms with Crippen LogP contribution in [0.1, 0.15) is 43.4 Å². The van der Waals surface area contributed by atoms with Crippen molar-refractivity contribution in [3.63, 3.8) is 0 Å². The molecule has 0 spiro atoms. The number of hydrogen-bond acceptors (Lipinski definition) is 3. The summed E-state index contributed by atoms with van der Waals surface area (Å²) in [5, 5.41) is 5.73. The molecular weight excluding hydrogens is 366 g/mol. The molecule has 0 saturated carbocycles. The van der Waals surface area contributed by atoms with Gasteiger partial charge in [0.05, 0.1) is 0 Å². The van der Waals surface area contributed by atoms with Crippen molar-refractivity contribution in [2.24, 2.45) is 0 Å². The Morgan fingerprint density at radius 3 is 2.45 bits per heavy atom. The molecule has 4 amide bonds. The maximum absolute atomic E-state index is 13.3. The quantitative estimate of drug-likeness (QED) is 0.704. The second-order valence-corrected chi connectivity index (χ2v) is 7.35. The van der Waals surface area contributed by atoms with Crippen molar-refractivity contribution < 1.29 is 14.4 Å². The van der Waals surface area contributed by atoms with E-state index in [0.717, 1.165) is 33.7 Å². The molecule has 29 heavy (non-hydrogen) atoms. The van der Waals surface area contributed by atoms with E-state index < -0.39 is 17.5 Å². The van der Waals surface area contributed by atoms with E-state index in [4.69, 9.17) is 0 Å². The van der Waals surface area contributed by atoms with E-state index in [-0.39, 0.29) is 12.5 Å². The van der Waals surface area contributed by atoms with Crippen molar-refractivity contribution in [1.82, 2.24) is 10.2 Å². The lowest BCUT2D eigenvalue weighted by Gasteiger charge is -2.26. The van der Waals surface area contributed by atoms with Crippen LogP contribution in [0.4, 0.5) is 10.5 Å². The molecule has 6 nitrogen and oxygen atoms in total. The standard InChI is InChI=1S/C23H27N3O3/c1-4-14-23(18-12-7-6-8-13-18)21(28)26(22(29)25-23)15-19(27)24-20-16(3)10-9-11-17(20)5-2/h6-13H,4-5,14-15H2,1-3H3,(H,24,27)(H,25,29). The number of amides is 4. The summed E-state index contributed by atoms with van der Waals surface area (Å²) in [4.78, 5) is 39.6. The molecule has 1 aliphatic rings. The van der Waals surface area contributed by atoms with Gasteiger partial charge in [-0.1, -0.05) is 68.8 Å². The Morgan fingerprint density at radius 2 is 1.79 bits per heavy atom. The number of hydrogen-bond donors (Lipinski definition) is 2. The summed E-state index contributed by atoms with van der Waals surface area (Å²) in [6.07, 6.45) is 1.95. The molecule has 152 valence electrons. The van der Waals surface area contributed by atoms with Crippen LogP contribution in [0.25, 0.3) is 0 Å². The first-order valence-electron chi connectivity index (χ1n) is 10.0. The zero-order valence-electron chi connectivity index (χ0n) is 17.1. The van der Waals surface area contributed by atoms with Crippen molar-refractivity contribution in [2.75, 3.05) is 11.9 Å². The van der Waals surface area contributed by atoms with Crippen molar-refractivity contribution >= 4 is 23.5 Å². The average Bonchev–Trinajstić information content (AvgIpc) is 2.95. The van der Waals surface area contributed by atoms with Gasteiger partial charge in [-0.15, -0.1) is 0 Å². The SMILES string of the molecule is CCCC1(c2ccccc2)NC(=O)N(CC(=O)Nc2c(C)cccc2CC)C1=O. The Morgan fingerprint density at radius 1 is 1.07 bits per heavy atom. The number of nitrogens with one attached hydrogen (secondary N) is 2. The predicted octanol–water partition coefficient (Wildman–Crippen LogP) is 3.74. The molecule has 1 fully saturated rings. The van der Waals surface area contributed by atoms with Gasteiger partial charge in [0.2, 0.25) is 5.91 Å². The van der Waals surface area contributed by atoms with Crippen molar-refractivity contribution in [1.29, 1.82) is 0 Å². The lowest BCUT2D eigenvalue weighted by molar-refractivity contribution is -0.134. The van der Waals surface area contributed by atoms with Crippen LogP contribution in [0.3, 0.4) is 0 Å². The number of rotatable bonds is 7. The first-order chi connectivity index (χ1) is 13.9. The summed E-state index contributed by atoms with van der Waals surface area (Å²) in [7, 11) is 0. The van der Waals surface area contributed by atoms with E-state index in [0.29, 0.717) is 12.8 Å². The first kappa shape index (κ1) is 20.6. The summed E-state index contributed by atoms with van der Waals surface area (Å²) in [6, 6.07) is 14.5. The minimum absolute atomic E-state index is 0.319. The third-order valence-corrected chi connectivity index (χ3v) is 5.37. The van der Waals surface area contributed by atoms with E-state index in [1.165, 1.54) is 0 Å². The molecule has 1 aliphatic heterocycles. The Bertz CT molecular complexity index is 926. The van der Waals surface area contributed by atoms with Crippen LogP contribution in [0.15, 0.2) is 48.5 Å². The predicted molar refractivity (Wildman–Crippen MR) is 112 cm³/mol. The molecule has 2 aromatic carbocycles.